The molecule has 2 aliphatic carbocycles. The third kappa shape index (κ3) is 3.56. The molecule has 0 atom stereocenters. The van der Waals surface area contributed by atoms with Gasteiger partial charge >= 0.3 is 11.9 Å². The normalized spacial score (nSPS) is 17.6. The maximum atomic E-state index is 11.8. The molecule has 0 spiro atoms. The largest absolute Gasteiger partial charge is 0.462 e. The first kappa shape index (κ1) is 13.1. The van der Waals surface area contributed by atoms with Gasteiger partial charge < -0.3 is 9.47 Å². The molecule has 2 fully saturated rings. The first-order chi connectivity index (χ1) is 9.72. The van der Waals surface area contributed by atoms with Crippen LogP contribution in [-0.4, -0.2) is 30.1 Å². The third-order valence-electron chi connectivity index (χ3n) is 3.50. The third-order valence-corrected chi connectivity index (χ3v) is 3.50. The van der Waals surface area contributed by atoms with Gasteiger partial charge in [0.15, 0.2) is 0 Å². The molecule has 0 unspecified atom stereocenters. The van der Waals surface area contributed by atoms with Gasteiger partial charge in [0.1, 0.15) is 0 Å². The predicted molar refractivity (Wildman–Crippen MR) is 70.3 cm³/mol. The molecular weight excluding hydrogens is 258 g/mol. The van der Waals surface area contributed by atoms with E-state index in [1.807, 2.05) is 0 Å². The van der Waals surface area contributed by atoms with E-state index in [0.29, 0.717) is 36.2 Å². The van der Waals surface area contributed by atoms with E-state index in [4.69, 9.17) is 9.47 Å². The summed E-state index contributed by atoms with van der Waals surface area (Å²) >= 11 is 0. The molecular formula is C15H17NO4. The van der Waals surface area contributed by atoms with Crippen molar-refractivity contribution in [3.8, 4) is 0 Å². The Kier molecular flexibility index (Phi) is 3.67. The average molecular weight is 275 g/mol. The van der Waals surface area contributed by atoms with E-state index in [1.54, 1.807) is 0 Å². The van der Waals surface area contributed by atoms with Crippen molar-refractivity contribution in [1.29, 1.82) is 0 Å². The molecule has 0 saturated heterocycles. The summed E-state index contributed by atoms with van der Waals surface area (Å²) in [5.74, 6) is 0.166. The van der Waals surface area contributed by atoms with Gasteiger partial charge in [0, 0.05) is 12.4 Å². The molecule has 2 saturated carbocycles. The van der Waals surface area contributed by atoms with Gasteiger partial charge in [0.05, 0.1) is 24.3 Å². The molecule has 5 nitrogen and oxygen atoms in total. The van der Waals surface area contributed by atoms with Crippen molar-refractivity contribution < 1.29 is 19.1 Å². The Hall–Kier alpha value is -1.91. The zero-order valence-electron chi connectivity index (χ0n) is 11.2. The summed E-state index contributed by atoms with van der Waals surface area (Å²) < 4.78 is 10.3. The van der Waals surface area contributed by atoms with E-state index in [-0.39, 0.29) is 0 Å². The summed E-state index contributed by atoms with van der Waals surface area (Å²) in [6.07, 6.45) is 7.32. The molecule has 5 heteroatoms. The van der Waals surface area contributed by atoms with E-state index in [9.17, 15) is 9.59 Å². The van der Waals surface area contributed by atoms with Crippen LogP contribution in [0.3, 0.4) is 0 Å². The second-order valence-corrected chi connectivity index (χ2v) is 5.55. The van der Waals surface area contributed by atoms with E-state index in [1.165, 1.54) is 18.5 Å². The number of carbonyl (C=O) groups is 2. The number of nitrogens with zero attached hydrogens (tertiary/aromatic N) is 1. The zero-order valence-corrected chi connectivity index (χ0v) is 11.2. The van der Waals surface area contributed by atoms with Crippen LogP contribution in [0.5, 0.6) is 0 Å². The van der Waals surface area contributed by atoms with Gasteiger partial charge in [-0.25, -0.2) is 9.59 Å². The molecule has 1 aromatic heterocycles. The number of hydrogen-bond acceptors (Lipinski definition) is 5. The smallest absolute Gasteiger partial charge is 0.339 e. The van der Waals surface area contributed by atoms with E-state index in [2.05, 4.69) is 4.98 Å². The lowest BCUT2D eigenvalue weighted by Gasteiger charge is -2.06. The molecule has 106 valence electrons. The number of pyridine rings is 1. The molecule has 0 aromatic carbocycles. The Morgan fingerprint density at radius 1 is 0.950 bits per heavy atom. The summed E-state index contributed by atoms with van der Waals surface area (Å²) in [6, 6.07) is 1.48. The molecule has 0 N–H and O–H groups in total. The number of aromatic nitrogens is 1. The van der Waals surface area contributed by atoms with Crippen LogP contribution in [0.15, 0.2) is 18.5 Å². The number of esters is 2. The van der Waals surface area contributed by atoms with Gasteiger partial charge in [-0.3, -0.25) is 4.98 Å². The van der Waals surface area contributed by atoms with Crippen LogP contribution >= 0.6 is 0 Å². The second kappa shape index (κ2) is 5.61. The lowest BCUT2D eigenvalue weighted by molar-refractivity contribution is 0.0483. The molecule has 20 heavy (non-hydrogen) atoms. The highest BCUT2D eigenvalue weighted by Gasteiger charge is 2.25. The molecule has 0 amide bonds. The fraction of sp³-hybridized carbons (Fsp3) is 0.533. The topological polar surface area (TPSA) is 65.5 Å². The van der Waals surface area contributed by atoms with Gasteiger partial charge in [-0.05, 0) is 43.6 Å². The van der Waals surface area contributed by atoms with E-state index >= 15 is 0 Å². The SMILES string of the molecule is O=C(OCC1CC1)c1cncc(C(=O)OCC2CC2)c1. The van der Waals surface area contributed by atoms with E-state index < -0.39 is 11.9 Å². The van der Waals surface area contributed by atoms with Gasteiger partial charge in [0.2, 0.25) is 0 Å². The Bertz CT molecular complexity index is 477. The van der Waals surface area contributed by atoms with Crippen LogP contribution in [0.4, 0.5) is 0 Å². The van der Waals surface area contributed by atoms with Gasteiger partial charge in [-0.2, -0.15) is 0 Å². The van der Waals surface area contributed by atoms with Crippen molar-refractivity contribution in [2.45, 2.75) is 25.7 Å². The van der Waals surface area contributed by atoms with Crippen molar-refractivity contribution in [1.82, 2.24) is 4.98 Å². The minimum atomic E-state index is -0.429. The maximum Gasteiger partial charge on any atom is 0.339 e. The van der Waals surface area contributed by atoms with Gasteiger partial charge in [-0.1, -0.05) is 0 Å². The predicted octanol–water partition coefficient (Wildman–Crippen LogP) is 2.22. The van der Waals surface area contributed by atoms with Gasteiger partial charge in [-0.15, -0.1) is 0 Å². The summed E-state index contributed by atoms with van der Waals surface area (Å²) in [5.41, 5.74) is 0.595. The lowest BCUT2D eigenvalue weighted by atomic mass is 10.2. The summed E-state index contributed by atoms with van der Waals surface area (Å²) in [6.45, 7) is 0.907. The van der Waals surface area contributed by atoms with Crippen LogP contribution in [-0.2, 0) is 9.47 Å². The monoisotopic (exact) mass is 275 g/mol. The molecule has 3 rings (SSSR count). The number of rotatable bonds is 6. The number of hydrogen-bond donors (Lipinski definition) is 0. The van der Waals surface area contributed by atoms with E-state index in [0.717, 1.165) is 25.7 Å². The fourth-order valence-corrected chi connectivity index (χ4v) is 1.79. The highest BCUT2D eigenvalue weighted by atomic mass is 16.5. The van der Waals surface area contributed by atoms with Crippen LogP contribution in [0.25, 0.3) is 0 Å². The highest BCUT2D eigenvalue weighted by molar-refractivity contribution is 5.94. The standard InChI is InChI=1S/C15H17NO4/c17-14(19-8-10-1-2-10)12-5-13(7-16-6-12)15(18)20-9-11-3-4-11/h5-7,10-11H,1-4,8-9H2. The van der Waals surface area contributed by atoms with Crippen LogP contribution < -0.4 is 0 Å². The average Bonchev–Trinajstić information content (AvgIpc) is 3.36. The first-order valence-electron chi connectivity index (χ1n) is 7.01. The van der Waals surface area contributed by atoms with Crippen molar-refractivity contribution in [2.24, 2.45) is 11.8 Å². The van der Waals surface area contributed by atoms with Crippen LogP contribution in [0.2, 0.25) is 0 Å². The Balaban J connectivity index is 1.58. The number of carbonyl (C=O) groups excluding carboxylic acids is 2. The fourth-order valence-electron chi connectivity index (χ4n) is 1.79. The van der Waals surface area contributed by atoms with Crippen LogP contribution in [0.1, 0.15) is 46.4 Å². The maximum absolute atomic E-state index is 11.8. The minimum Gasteiger partial charge on any atom is -0.462 e. The Labute approximate surface area is 117 Å². The quantitative estimate of drug-likeness (QED) is 0.745. The van der Waals surface area contributed by atoms with Crippen molar-refractivity contribution in [3.05, 3.63) is 29.6 Å². The van der Waals surface area contributed by atoms with Gasteiger partial charge in [0.25, 0.3) is 0 Å². The van der Waals surface area contributed by atoms with Crippen LogP contribution in [0, 0.1) is 11.8 Å². The van der Waals surface area contributed by atoms with Crippen molar-refractivity contribution >= 4 is 11.9 Å². The molecule has 2 aliphatic rings. The molecule has 0 radical (unpaired) electrons. The lowest BCUT2D eigenvalue weighted by Crippen LogP contribution is -2.12. The number of ether oxygens (including phenoxy) is 2. The van der Waals surface area contributed by atoms with Crippen molar-refractivity contribution in [2.75, 3.05) is 13.2 Å². The highest BCUT2D eigenvalue weighted by Crippen LogP contribution is 2.29. The Morgan fingerprint density at radius 3 is 1.80 bits per heavy atom. The summed E-state index contributed by atoms with van der Waals surface area (Å²) in [7, 11) is 0. The second-order valence-electron chi connectivity index (χ2n) is 5.55. The molecule has 0 bridgehead atoms. The first-order valence-corrected chi connectivity index (χ1v) is 7.01. The van der Waals surface area contributed by atoms with Crippen molar-refractivity contribution in [3.63, 3.8) is 0 Å². The molecule has 0 aliphatic heterocycles. The summed E-state index contributed by atoms with van der Waals surface area (Å²) in [5, 5.41) is 0. The zero-order chi connectivity index (χ0) is 13.9. The summed E-state index contributed by atoms with van der Waals surface area (Å²) in [4.78, 5) is 27.5. The minimum absolute atomic E-state index is 0.298. The molecule has 1 heterocycles. The Morgan fingerprint density at radius 2 is 1.40 bits per heavy atom. The molecule has 1 aromatic rings.